The lowest BCUT2D eigenvalue weighted by Gasteiger charge is -2.29. The van der Waals surface area contributed by atoms with Crippen LogP contribution in [0.2, 0.25) is 0 Å². The van der Waals surface area contributed by atoms with Crippen LogP contribution in [-0.4, -0.2) is 27.8 Å². The largest absolute Gasteiger partial charge is 0.345 e. The molecule has 1 atom stereocenters. The topological polar surface area (TPSA) is 72.9 Å². The summed E-state index contributed by atoms with van der Waals surface area (Å²) in [4.78, 5) is 12.6. The van der Waals surface area contributed by atoms with E-state index in [9.17, 15) is 4.79 Å². The molecule has 1 aliphatic rings. The van der Waals surface area contributed by atoms with Crippen LogP contribution in [-0.2, 0) is 0 Å². The van der Waals surface area contributed by atoms with Crippen LogP contribution in [0.25, 0.3) is 5.69 Å². The Morgan fingerprint density at radius 2 is 2.04 bits per heavy atom. The number of benzene rings is 1. The van der Waals surface area contributed by atoms with Crippen LogP contribution >= 0.6 is 12.4 Å². The van der Waals surface area contributed by atoms with Crippen LogP contribution in [0.4, 0.5) is 0 Å². The predicted octanol–water partition coefficient (Wildman–Crippen LogP) is 2.46. The van der Waals surface area contributed by atoms with Crippen molar-refractivity contribution in [1.29, 1.82) is 0 Å². The fraction of sp³-hybridized carbons (Fsp3) is 0.412. The van der Waals surface area contributed by atoms with Crippen molar-refractivity contribution in [2.45, 2.75) is 32.2 Å². The Morgan fingerprint density at radius 1 is 1.39 bits per heavy atom. The molecule has 3 N–H and O–H groups in total. The summed E-state index contributed by atoms with van der Waals surface area (Å²) >= 11 is 0. The van der Waals surface area contributed by atoms with Crippen molar-refractivity contribution < 1.29 is 4.79 Å². The highest BCUT2D eigenvalue weighted by atomic mass is 35.5. The number of hydrogen-bond donors (Lipinski definition) is 2. The van der Waals surface area contributed by atoms with Gasteiger partial charge in [0.1, 0.15) is 0 Å². The van der Waals surface area contributed by atoms with Crippen molar-refractivity contribution in [2.75, 3.05) is 6.54 Å². The summed E-state index contributed by atoms with van der Waals surface area (Å²) in [6.45, 7) is 4.39. The molecule has 1 saturated carbocycles. The molecule has 1 amide bonds. The van der Waals surface area contributed by atoms with E-state index >= 15 is 0 Å². The number of hydrogen-bond acceptors (Lipinski definition) is 3. The number of para-hydroxylation sites is 1. The van der Waals surface area contributed by atoms with Gasteiger partial charge in [-0.2, -0.15) is 5.10 Å². The number of amides is 1. The van der Waals surface area contributed by atoms with Gasteiger partial charge in [-0.3, -0.25) is 4.79 Å². The van der Waals surface area contributed by atoms with E-state index in [1.807, 2.05) is 44.2 Å². The second kappa shape index (κ2) is 6.72. The summed E-state index contributed by atoms with van der Waals surface area (Å²) in [5, 5.41) is 7.46. The summed E-state index contributed by atoms with van der Waals surface area (Å²) in [6.07, 6.45) is 3.90. The highest BCUT2D eigenvalue weighted by Crippen LogP contribution is 2.39. The van der Waals surface area contributed by atoms with Gasteiger partial charge in [0.25, 0.3) is 5.91 Å². The Bertz CT molecular complexity index is 681. The minimum absolute atomic E-state index is 0. The first-order valence-electron chi connectivity index (χ1n) is 7.68. The van der Waals surface area contributed by atoms with Crippen molar-refractivity contribution in [3.63, 3.8) is 0 Å². The molecule has 0 bridgehead atoms. The molecule has 1 aromatic carbocycles. The average Bonchev–Trinajstić information content (AvgIpc) is 3.31. The molecular formula is C17H23ClN4O. The quantitative estimate of drug-likeness (QED) is 0.882. The summed E-state index contributed by atoms with van der Waals surface area (Å²) in [5.74, 6) is 0.394. The van der Waals surface area contributed by atoms with E-state index in [2.05, 4.69) is 10.4 Å². The van der Waals surface area contributed by atoms with Crippen molar-refractivity contribution in [1.82, 2.24) is 15.1 Å². The van der Waals surface area contributed by atoms with E-state index in [4.69, 9.17) is 5.73 Å². The maximum absolute atomic E-state index is 12.6. The van der Waals surface area contributed by atoms with Crippen molar-refractivity contribution >= 4 is 18.3 Å². The minimum Gasteiger partial charge on any atom is -0.345 e. The lowest BCUT2D eigenvalue weighted by Crippen LogP contribution is -2.53. The second-order valence-electron chi connectivity index (χ2n) is 6.24. The van der Waals surface area contributed by atoms with E-state index in [1.165, 1.54) is 0 Å². The normalized spacial score (nSPS) is 16.3. The summed E-state index contributed by atoms with van der Waals surface area (Å²) < 4.78 is 1.78. The standard InChI is InChI=1S/C17H22N4O.ClH/c1-12-15(10-19-21(12)14-6-4-3-5-7-14)16(22)20-17(2,11-18)13-8-9-13;/h3-7,10,13H,8-9,11,18H2,1-2H3,(H,20,22);1H. The second-order valence-corrected chi connectivity index (χ2v) is 6.24. The number of nitrogens with one attached hydrogen (secondary N) is 1. The number of aromatic nitrogens is 2. The van der Waals surface area contributed by atoms with Crippen molar-refractivity contribution in [2.24, 2.45) is 11.7 Å². The van der Waals surface area contributed by atoms with Crippen molar-refractivity contribution in [3.8, 4) is 5.69 Å². The Labute approximate surface area is 142 Å². The smallest absolute Gasteiger partial charge is 0.255 e. The fourth-order valence-corrected chi connectivity index (χ4v) is 2.83. The van der Waals surface area contributed by atoms with Gasteiger partial charge < -0.3 is 11.1 Å². The molecule has 5 nitrogen and oxygen atoms in total. The lowest BCUT2D eigenvalue weighted by molar-refractivity contribution is 0.0897. The molecule has 0 radical (unpaired) electrons. The Morgan fingerprint density at radius 3 is 2.61 bits per heavy atom. The maximum atomic E-state index is 12.6. The molecule has 1 heterocycles. The molecule has 0 saturated heterocycles. The number of halogens is 1. The van der Waals surface area contributed by atoms with Gasteiger partial charge in [0, 0.05) is 6.54 Å². The zero-order valence-corrected chi connectivity index (χ0v) is 14.3. The van der Waals surface area contributed by atoms with E-state index in [0.717, 1.165) is 24.2 Å². The third-order valence-corrected chi connectivity index (χ3v) is 4.56. The van der Waals surface area contributed by atoms with Gasteiger partial charge in [0.2, 0.25) is 0 Å². The van der Waals surface area contributed by atoms with Crippen LogP contribution < -0.4 is 11.1 Å². The van der Waals surface area contributed by atoms with Gasteiger partial charge in [-0.25, -0.2) is 4.68 Å². The zero-order chi connectivity index (χ0) is 15.7. The maximum Gasteiger partial charge on any atom is 0.255 e. The molecule has 2 aromatic rings. The van der Waals surface area contributed by atoms with E-state index in [1.54, 1.807) is 10.9 Å². The highest BCUT2D eigenvalue weighted by molar-refractivity contribution is 5.95. The summed E-state index contributed by atoms with van der Waals surface area (Å²) in [5.41, 5.74) is 7.93. The monoisotopic (exact) mass is 334 g/mol. The van der Waals surface area contributed by atoms with Gasteiger partial charge in [0.05, 0.1) is 28.7 Å². The van der Waals surface area contributed by atoms with Crippen LogP contribution in [0.5, 0.6) is 0 Å². The number of rotatable bonds is 5. The number of carbonyl (C=O) groups excluding carboxylic acids is 1. The first-order chi connectivity index (χ1) is 10.5. The Balaban J connectivity index is 0.00000192. The van der Waals surface area contributed by atoms with Crippen LogP contribution in [0, 0.1) is 12.8 Å². The van der Waals surface area contributed by atoms with E-state index < -0.39 is 0 Å². The van der Waals surface area contributed by atoms with Gasteiger partial charge in [-0.05, 0) is 44.7 Å². The molecule has 1 aliphatic carbocycles. The zero-order valence-electron chi connectivity index (χ0n) is 13.5. The molecule has 0 aliphatic heterocycles. The molecule has 1 unspecified atom stereocenters. The van der Waals surface area contributed by atoms with Crippen molar-refractivity contribution in [3.05, 3.63) is 47.8 Å². The third kappa shape index (κ3) is 3.41. The third-order valence-electron chi connectivity index (χ3n) is 4.56. The molecule has 0 spiro atoms. The van der Waals surface area contributed by atoms with Crippen LogP contribution in [0.3, 0.4) is 0 Å². The summed E-state index contributed by atoms with van der Waals surface area (Å²) in [6, 6.07) is 9.80. The predicted molar refractivity (Wildman–Crippen MR) is 93.2 cm³/mol. The molecule has 1 fully saturated rings. The minimum atomic E-state index is -0.321. The first-order valence-corrected chi connectivity index (χ1v) is 7.68. The Hall–Kier alpha value is -1.85. The molecule has 23 heavy (non-hydrogen) atoms. The highest BCUT2D eigenvalue weighted by Gasteiger charge is 2.41. The Kier molecular flexibility index (Phi) is 5.12. The average molecular weight is 335 g/mol. The van der Waals surface area contributed by atoms with E-state index in [-0.39, 0.29) is 23.9 Å². The fourth-order valence-electron chi connectivity index (χ4n) is 2.83. The molecule has 1 aromatic heterocycles. The molecular weight excluding hydrogens is 312 g/mol. The molecule has 3 rings (SSSR count). The lowest BCUT2D eigenvalue weighted by atomic mass is 9.95. The van der Waals surface area contributed by atoms with Gasteiger partial charge in [-0.15, -0.1) is 12.4 Å². The van der Waals surface area contributed by atoms with E-state index in [0.29, 0.717) is 18.0 Å². The van der Waals surface area contributed by atoms with Crippen LogP contribution in [0.15, 0.2) is 36.5 Å². The number of carbonyl (C=O) groups is 1. The molecule has 6 heteroatoms. The van der Waals surface area contributed by atoms with Gasteiger partial charge in [0.15, 0.2) is 0 Å². The first kappa shape index (κ1) is 17.5. The number of nitrogens with zero attached hydrogens (tertiary/aromatic N) is 2. The van der Waals surface area contributed by atoms with Gasteiger partial charge in [-0.1, -0.05) is 18.2 Å². The number of nitrogens with two attached hydrogens (primary N) is 1. The van der Waals surface area contributed by atoms with Crippen LogP contribution in [0.1, 0.15) is 35.8 Å². The SMILES string of the molecule is Cc1c(C(=O)NC(C)(CN)C2CC2)cnn1-c1ccccc1.Cl. The molecule has 124 valence electrons. The summed E-state index contributed by atoms with van der Waals surface area (Å²) in [7, 11) is 0. The van der Waals surface area contributed by atoms with Gasteiger partial charge >= 0.3 is 0 Å².